The molecule has 1 fully saturated rings. The Morgan fingerprint density at radius 2 is 2.04 bits per heavy atom. The fourth-order valence-electron chi connectivity index (χ4n) is 4.57. The third-order valence-corrected chi connectivity index (χ3v) is 6.26. The summed E-state index contributed by atoms with van der Waals surface area (Å²) in [5, 5.41) is 9.28. The topological polar surface area (TPSA) is 79.6 Å². The molecule has 0 aromatic rings. The highest BCUT2D eigenvalue weighted by Gasteiger charge is 2.32. The van der Waals surface area contributed by atoms with Gasteiger partial charge in [0.1, 0.15) is 11.8 Å². The second kappa shape index (κ2) is 9.09. The summed E-state index contributed by atoms with van der Waals surface area (Å²) in [6.07, 6.45) is 12.8. The summed E-state index contributed by atoms with van der Waals surface area (Å²) < 4.78 is 9.96. The van der Waals surface area contributed by atoms with Gasteiger partial charge in [-0.25, -0.2) is 0 Å². The Morgan fingerprint density at radius 1 is 1.29 bits per heavy atom. The molecule has 28 heavy (non-hydrogen) atoms. The first-order chi connectivity index (χ1) is 13.6. The minimum atomic E-state index is -0.275. The second-order valence-electron chi connectivity index (χ2n) is 7.77. The number of ether oxygens (including phenoxy) is 2. The van der Waals surface area contributed by atoms with Crippen LogP contribution in [0.15, 0.2) is 35.3 Å². The van der Waals surface area contributed by atoms with Crippen molar-refractivity contribution in [2.75, 3.05) is 20.8 Å². The molecular weight excluding hydrogens is 356 g/mol. The monoisotopic (exact) mass is 384 g/mol. The van der Waals surface area contributed by atoms with Gasteiger partial charge in [-0.1, -0.05) is 12.2 Å². The Hall–Kier alpha value is -2.55. The van der Waals surface area contributed by atoms with Crippen LogP contribution in [0.4, 0.5) is 0 Å². The number of allylic oxidation sites excluding steroid dienone is 3. The standard InChI is InChI=1S/C22H28N2O4/c1-27-20-11-12-24(22(26)19(20)14-23)18-9-7-17(8-10-18)16-5-3-15(4-6-16)13-21(25)28-2/h7,9-10,15-17H,3-6,8,11-13H2,1-2H3/t15?,16?,17-/m0/s1. The zero-order valence-electron chi connectivity index (χ0n) is 16.6. The van der Waals surface area contributed by atoms with Gasteiger partial charge in [-0.15, -0.1) is 0 Å². The van der Waals surface area contributed by atoms with Crippen LogP contribution in [0.2, 0.25) is 0 Å². The van der Waals surface area contributed by atoms with Gasteiger partial charge < -0.3 is 14.4 Å². The molecule has 0 aromatic carbocycles. The number of methoxy groups -OCH3 is 2. The summed E-state index contributed by atoms with van der Waals surface area (Å²) in [7, 11) is 2.95. The Labute approximate surface area is 166 Å². The van der Waals surface area contributed by atoms with Gasteiger partial charge >= 0.3 is 5.97 Å². The maximum Gasteiger partial charge on any atom is 0.305 e. The van der Waals surface area contributed by atoms with Gasteiger partial charge in [0.05, 0.1) is 14.2 Å². The first-order valence-electron chi connectivity index (χ1n) is 10.0. The number of nitriles is 1. The predicted octanol–water partition coefficient (Wildman–Crippen LogP) is 3.47. The fourth-order valence-corrected chi connectivity index (χ4v) is 4.57. The molecule has 0 saturated heterocycles. The Kier molecular flexibility index (Phi) is 6.56. The van der Waals surface area contributed by atoms with E-state index in [9.17, 15) is 14.9 Å². The minimum Gasteiger partial charge on any atom is -0.499 e. The van der Waals surface area contributed by atoms with Crippen LogP contribution in [0.3, 0.4) is 0 Å². The van der Waals surface area contributed by atoms with E-state index in [0.717, 1.165) is 37.8 Å². The molecule has 3 rings (SSSR count). The van der Waals surface area contributed by atoms with E-state index in [2.05, 4.69) is 12.2 Å². The summed E-state index contributed by atoms with van der Waals surface area (Å²) in [5.41, 5.74) is 0.984. The van der Waals surface area contributed by atoms with Gasteiger partial charge in [-0.3, -0.25) is 9.59 Å². The van der Waals surface area contributed by atoms with Crippen molar-refractivity contribution < 1.29 is 19.1 Å². The molecule has 1 heterocycles. The Morgan fingerprint density at radius 3 is 2.61 bits per heavy atom. The number of rotatable bonds is 5. The summed E-state index contributed by atoms with van der Waals surface area (Å²) in [5.74, 6) is 1.63. The van der Waals surface area contributed by atoms with Crippen LogP contribution in [-0.4, -0.2) is 37.5 Å². The highest BCUT2D eigenvalue weighted by Crippen LogP contribution is 2.39. The molecule has 0 N–H and O–H groups in total. The lowest BCUT2D eigenvalue weighted by atomic mass is 9.73. The third-order valence-electron chi connectivity index (χ3n) is 6.26. The van der Waals surface area contributed by atoms with E-state index in [1.165, 1.54) is 14.2 Å². The second-order valence-corrected chi connectivity index (χ2v) is 7.77. The molecule has 1 amide bonds. The number of hydrogen-bond acceptors (Lipinski definition) is 5. The van der Waals surface area contributed by atoms with Crippen molar-refractivity contribution >= 4 is 11.9 Å². The van der Waals surface area contributed by atoms with E-state index in [1.54, 1.807) is 4.90 Å². The molecule has 0 unspecified atom stereocenters. The molecule has 0 bridgehead atoms. The summed E-state index contributed by atoms with van der Waals surface area (Å²) in [6.45, 7) is 0.534. The van der Waals surface area contributed by atoms with Crippen molar-refractivity contribution in [3.63, 3.8) is 0 Å². The lowest BCUT2D eigenvalue weighted by Gasteiger charge is -2.34. The van der Waals surface area contributed by atoms with Crippen molar-refractivity contribution in [3.05, 3.63) is 35.3 Å². The number of carbonyl (C=O) groups is 2. The molecule has 1 atom stereocenters. The lowest BCUT2D eigenvalue weighted by molar-refractivity contribution is -0.142. The summed E-state index contributed by atoms with van der Waals surface area (Å²) in [6, 6.07) is 1.99. The van der Waals surface area contributed by atoms with Crippen molar-refractivity contribution in [2.45, 2.75) is 44.9 Å². The average molecular weight is 384 g/mol. The number of esters is 1. The fraction of sp³-hybridized carbons (Fsp3) is 0.591. The molecule has 150 valence electrons. The van der Waals surface area contributed by atoms with Crippen LogP contribution in [0.25, 0.3) is 0 Å². The molecule has 0 spiro atoms. The molecule has 0 aromatic heterocycles. The van der Waals surface area contributed by atoms with E-state index in [-0.39, 0.29) is 17.4 Å². The number of hydrogen-bond donors (Lipinski definition) is 0. The van der Waals surface area contributed by atoms with E-state index >= 15 is 0 Å². The van der Waals surface area contributed by atoms with Crippen LogP contribution >= 0.6 is 0 Å². The smallest absolute Gasteiger partial charge is 0.305 e. The van der Waals surface area contributed by atoms with Crippen LogP contribution in [0.5, 0.6) is 0 Å². The molecule has 6 nitrogen and oxygen atoms in total. The zero-order chi connectivity index (χ0) is 20.1. The summed E-state index contributed by atoms with van der Waals surface area (Å²) in [4.78, 5) is 25.7. The highest BCUT2D eigenvalue weighted by atomic mass is 16.5. The predicted molar refractivity (Wildman–Crippen MR) is 103 cm³/mol. The van der Waals surface area contributed by atoms with E-state index in [1.807, 2.05) is 12.1 Å². The maximum absolute atomic E-state index is 12.6. The number of amides is 1. The van der Waals surface area contributed by atoms with Gasteiger partial charge in [-0.2, -0.15) is 5.26 Å². The Balaban J connectivity index is 1.55. The maximum atomic E-state index is 12.6. The molecule has 3 aliphatic rings. The van der Waals surface area contributed by atoms with Gasteiger partial charge in [0, 0.05) is 25.1 Å². The van der Waals surface area contributed by atoms with Crippen molar-refractivity contribution in [1.29, 1.82) is 5.26 Å². The van der Waals surface area contributed by atoms with Crippen LogP contribution < -0.4 is 0 Å². The van der Waals surface area contributed by atoms with E-state index in [0.29, 0.717) is 42.9 Å². The minimum absolute atomic E-state index is 0.106. The molecular formula is C22H28N2O4. The SMILES string of the molecule is COC(=O)CC1CCC([C@H]2C=CC(N3CCC(OC)=C(C#N)C3=O)=CC2)CC1. The molecule has 6 heteroatoms. The van der Waals surface area contributed by atoms with Gasteiger partial charge in [0.2, 0.25) is 0 Å². The molecule has 1 aliphatic heterocycles. The summed E-state index contributed by atoms with van der Waals surface area (Å²) >= 11 is 0. The van der Waals surface area contributed by atoms with Crippen LogP contribution in [0.1, 0.15) is 44.9 Å². The first kappa shape index (κ1) is 20.2. The van der Waals surface area contributed by atoms with Crippen molar-refractivity contribution in [1.82, 2.24) is 4.90 Å². The molecule has 1 saturated carbocycles. The quantitative estimate of drug-likeness (QED) is 0.678. The zero-order valence-corrected chi connectivity index (χ0v) is 16.6. The largest absolute Gasteiger partial charge is 0.499 e. The number of carbonyl (C=O) groups excluding carboxylic acids is 2. The first-order valence-corrected chi connectivity index (χ1v) is 10.0. The normalized spacial score (nSPS) is 27.9. The van der Waals surface area contributed by atoms with Crippen LogP contribution in [0, 0.1) is 29.1 Å². The van der Waals surface area contributed by atoms with Gasteiger partial charge in [0.15, 0.2) is 5.57 Å². The van der Waals surface area contributed by atoms with Gasteiger partial charge in [-0.05, 0) is 55.9 Å². The van der Waals surface area contributed by atoms with Crippen LogP contribution in [-0.2, 0) is 19.1 Å². The van der Waals surface area contributed by atoms with E-state index in [4.69, 9.17) is 9.47 Å². The Bertz CT molecular complexity index is 751. The van der Waals surface area contributed by atoms with Gasteiger partial charge in [0.25, 0.3) is 5.91 Å². The third kappa shape index (κ3) is 4.30. The van der Waals surface area contributed by atoms with Crippen molar-refractivity contribution in [2.24, 2.45) is 17.8 Å². The molecule has 0 radical (unpaired) electrons. The molecule has 2 aliphatic carbocycles. The average Bonchev–Trinajstić information content (AvgIpc) is 2.74. The number of nitrogens with zero attached hydrogens (tertiary/aromatic N) is 2. The van der Waals surface area contributed by atoms with E-state index < -0.39 is 0 Å². The lowest BCUT2D eigenvalue weighted by Crippen LogP contribution is -2.37. The highest BCUT2D eigenvalue weighted by molar-refractivity contribution is 5.99. The van der Waals surface area contributed by atoms with Crippen molar-refractivity contribution in [3.8, 4) is 6.07 Å².